The number of fused-ring (bicyclic) bond motifs is 1. The summed E-state index contributed by atoms with van der Waals surface area (Å²) in [7, 11) is 1.76. The molecule has 2 N–H and O–H groups in total. The van der Waals surface area contributed by atoms with Crippen molar-refractivity contribution in [3.8, 4) is 11.5 Å². The fourth-order valence-corrected chi connectivity index (χ4v) is 2.92. The van der Waals surface area contributed by atoms with Gasteiger partial charge in [0.15, 0.2) is 5.96 Å². The van der Waals surface area contributed by atoms with Crippen molar-refractivity contribution in [1.29, 1.82) is 0 Å². The van der Waals surface area contributed by atoms with Gasteiger partial charge in [0.1, 0.15) is 24.2 Å². The summed E-state index contributed by atoms with van der Waals surface area (Å²) in [4.78, 5) is 4.29. The van der Waals surface area contributed by atoms with Gasteiger partial charge >= 0.3 is 0 Å². The van der Waals surface area contributed by atoms with Crippen LogP contribution in [0.5, 0.6) is 11.5 Å². The Labute approximate surface area is 154 Å². The molecule has 0 aromatic heterocycles. The molecule has 2 aromatic rings. The highest BCUT2D eigenvalue weighted by Crippen LogP contribution is 2.27. The Bertz CT molecular complexity index is 748. The summed E-state index contributed by atoms with van der Waals surface area (Å²) < 4.78 is 11.6. The first-order chi connectivity index (χ1) is 12.8. The highest BCUT2D eigenvalue weighted by Gasteiger charge is 2.22. The quantitative estimate of drug-likeness (QED) is 0.457. The van der Waals surface area contributed by atoms with Crippen molar-refractivity contribution in [2.24, 2.45) is 4.99 Å². The maximum Gasteiger partial charge on any atom is 0.191 e. The molecule has 0 saturated carbocycles. The Hall–Kier alpha value is -2.95. The van der Waals surface area contributed by atoms with E-state index < -0.39 is 0 Å². The lowest BCUT2D eigenvalue weighted by molar-refractivity contribution is 0.235. The molecule has 2 aromatic carbocycles. The van der Waals surface area contributed by atoms with E-state index in [-0.39, 0.29) is 6.10 Å². The number of nitrogens with one attached hydrogen (secondary N) is 2. The van der Waals surface area contributed by atoms with Crippen molar-refractivity contribution in [1.82, 2.24) is 10.6 Å². The van der Waals surface area contributed by atoms with Crippen LogP contribution in [0, 0.1) is 0 Å². The van der Waals surface area contributed by atoms with Gasteiger partial charge in [-0.2, -0.15) is 0 Å². The topological polar surface area (TPSA) is 54.9 Å². The van der Waals surface area contributed by atoms with Crippen LogP contribution < -0.4 is 20.1 Å². The molecule has 0 amide bonds. The number of benzene rings is 2. The number of nitrogens with zero attached hydrogens (tertiary/aromatic N) is 1. The van der Waals surface area contributed by atoms with E-state index in [4.69, 9.17) is 9.47 Å². The lowest BCUT2D eigenvalue weighted by Gasteiger charge is -2.16. The average molecular weight is 351 g/mol. The van der Waals surface area contributed by atoms with Gasteiger partial charge < -0.3 is 20.1 Å². The minimum absolute atomic E-state index is 0.120. The third-order valence-corrected chi connectivity index (χ3v) is 4.21. The van der Waals surface area contributed by atoms with Gasteiger partial charge in [-0.3, -0.25) is 4.99 Å². The van der Waals surface area contributed by atoms with Gasteiger partial charge in [-0.25, -0.2) is 0 Å². The number of rotatable bonds is 7. The number of para-hydroxylation sites is 2. The normalized spacial score (nSPS) is 15.7. The minimum atomic E-state index is 0.120. The SMILES string of the molecule is C=CCOc1ccccc1CNC(=NC)NCC1Cc2ccccc2O1. The molecule has 0 fully saturated rings. The van der Waals surface area contributed by atoms with Gasteiger partial charge in [0, 0.05) is 25.6 Å². The zero-order valence-corrected chi connectivity index (χ0v) is 15.1. The van der Waals surface area contributed by atoms with Crippen LogP contribution in [0.2, 0.25) is 0 Å². The Balaban J connectivity index is 1.49. The largest absolute Gasteiger partial charge is 0.489 e. The Kier molecular flexibility index (Phi) is 6.14. The lowest BCUT2D eigenvalue weighted by Crippen LogP contribution is -2.42. The van der Waals surface area contributed by atoms with Crippen molar-refractivity contribution in [2.45, 2.75) is 19.1 Å². The van der Waals surface area contributed by atoms with Crippen molar-refractivity contribution in [2.75, 3.05) is 20.2 Å². The van der Waals surface area contributed by atoms with Crippen LogP contribution in [0.3, 0.4) is 0 Å². The molecule has 3 rings (SSSR count). The van der Waals surface area contributed by atoms with Gasteiger partial charge in [-0.05, 0) is 17.7 Å². The molecule has 0 saturated heterocycles. The summed E-state index contributed by atoms with van der Waals surface area (Å²) in [5.41, 5.74) is 2.33. The van der Waals surface area contributed by atoms with Crippen LogP contribution in [-0.2, 0) is 13.0 Å². The van der Waals surface area contributed by atoms with Gasteiger partial charge in [0.25, 0.3) is 0 Å². The van der Waals surface area contributed by atoms with Crippen LogP contribution >= 0.6 is 0 Å². The fourth-order valence-electron chi connectivity index (χ4n) is 2.92. The van der Waals surface area contributed by atoms with E-state index in [1.54, 1.807) is 13.1 Å². The van der Waals surface area contributed by atoms with Crippen molar-refractivity contribution in [3.63, 3.8) is 0 Å². The first-order valence-corrected chi connectivity index (χ1v) is 8.81. The highest BCUT2D eigenvalue weighted by atomic mass is 16.5. The number of ether oxygens (including phenoxy) is 2. The van der Waals surface area contributed by atoms with Crippen molar-refractivity contribution in [3.05, 3.63) is 72.3 Å². The molecule has 5 heteroatoms. The maximum atomic E-state index is 5.95. The fraction of sp³-hybridized carbons (Fsp3) is 0.286. The van der Waals surface area contributed by atoms with E-state index in [1.165, 1.54) is 5.56 Å². The summed E-state index contributed by atoms with van der Waals surface area (Å²) in [6.07, 6.45) is 2.78. The highest BCUT2D eigenvalue weighted by molar-refractivity contribution is 5.79. The summed E-state index contributed by atoms with van der Waals surface area (Å²) in [6.45, 7) is 5.50. The number of hydrogen-bond acceptors (Lipinski definition) is 3. The molecule has 1 atom stereocenters. The van der Waals surface area contributed by atoms with Crippen LogP contribution in [0.25, 0.3) is 0 Å². The summed E-state index contributed by atoms with van der Waals surface area (Å²) in [5.74, 6) is 2.57. The smallest absolute Gasteiger partial charge is 0.191 e. The molecule has 0 bridgehead atoms. The lowest BCUT2D eigenvalue weighted by atomic mass is 10.1. The van der Waals surface area contributed by atoms with E-state index >= 15 is 0 Å². The van der Waals surface area contributed by atoms with E-state index in [0.29, 0.717) is 19.7 Å². The van der Waals surface area contributed by atoms with Crippen LogP contribution in [0.4, 0.5) is 0 Å². The predicted octanol–water partition coefficient (Wildman–Crippen LogP) is 2.92. The van der Waals surface area contributed by atoms with Crippen molar-refractivity contribution >= 4 is 5.96 Å². The molecule has 1 heterocycles. The van der Waals surface area contributed by atoms with Gasteiger partial charge in [-0.15, -0.1) is 0 Å². The number of aliphatic imine (C=N–C) groups is 1. The average Bonchev–Trinajstić information content (AvgIpc) is 3.10. The molecule has 136 valence electrons. The van der Waals surface area contributed by atoms with Crippen LogP contribution in [0.15, 0.2) is 66.2 Å². The molecule has 5 nitrogen and oxygen atoms in total. The Morgan fingerprint density at radius 1 is 1.23 bits per heavy atom. The third-order valence-electron chi connectivity index (χ3n) is 4.21. The molecular weight excluding hydrogens is 326 g/mol. The maximum absolute atomic E-state index is 5.95. The summed E-state index contributed by atoms with van der Waals surface area (Å²) >= 11 is 0. The zero-order valence-electron chi connectivity index (χ0n) is 15.1. The van der Waals surface area contributed by atoms with E-state index in [2.05, 4.69) is 28.3 Å². The van der Waals surface area contributed by atoms with Crippen LogP contribution in [-0.4, -0.2) is 32.3 Å². The monoisotopic (exact) mass is 351 g/mol. The molecule has 26 heavy (non-hydrogen) atoms. The molecule has 1 aliphatic rings. The zero-order chi connectivity index (χ0) is 18.2. The van der Waals surface area contributed by atoms with Gasteiger partial charge in [0.2, 0.25) is 0 Å². The first kappa shape index (κ1) is 17.9. The molecular formula is C21H25N3O2. The second kappa shape index (κ2) is 8.94. The molecule has 0 aliphatic carbocycles. The first-order valence-electron chi connectivity index (χ1n) is 8.81. The van der Waals surface area contributed by atoms with Gasteiger partial charge in [-0.1, -0.05) is 49.1 Å². The van der Waals surface area contributed by atoms with E-state index in [0.717, 1.165) is 29.4 Å². The van der Waals surface area contributed by atoms with E-state index in [9.17, 15) is 0 Å². The second-order valence-electron chi connectivity index (χ2n) is 6.07. The second-order valence-corrected chi connectivity index (χ2v) is 6.07. The minimum Gasteiger partial charge on any atom is -0.489 e. The summed E-state index contributed by atoms with van der Waals surface area (Å²) in [5, 5.41) is 6.66. The van der Waals surface area contributed by atoms with Crippen LogP contribution in [0.1, 0.15) is 11.1 Å². The number of guanidine groups is 1. The Morgan fingerprint density at radius 3 is 2.85 bits per heavy atom. The third kappa shape index (κ3) is 4.57. The van der Waals surface area contributed by atoms with E-state index in [1.807, 2.05) is 42.5 Å². The molecule has 0 spiro atoms. The van der Waals surface area contributed by atoms with Gasteiger partial charge in [0.05, 0.1) is 6.54 Å². The molecule has 0 radical (unpaired) electrons. The predicted molar refractivity (Wildman–Crippen MR) is 105 cm³/mol. The van der Waals surface area contributed by atoms with Crippen molar-refractivity contribution < 1.29 is 9.47 Å². The summed E-state index contributed by atoms with van der Waals surface area (Å²) in [6, 6.07) is 16.1. The standard InChI is InChI=1S/C21H25N3O2/c1-3-12-25-19-10-6-5-9-17(19)14-23-21(22-2)24-15-18-13-16-8-4-7-11-20(16)26-18/h3-11,18H,1,12-15H2,2H3,(H2,22,23,24). The Morgan fingerprint density at radius 2 is 2.04 bits per heavy atom. The number of hydrogen-bond donors (Lipinski definition) is 2. The molecule has 1 unspecified atom stereocenters. The molecule has 1 aliphatic heterocycles.